The minimum Gasteiger partial charge on any atom is -0.384 e. The maximum absolute atomic E-state index is 12.9. The van der Waals surface area contributed by atoms with E-state index in [9.17, 15) is 8.78 Å². The zero-order chi connectivity index (χ0) is 9.14. The molecule has 0 aromatic heterocycles. The van der Waals surface area contributed by atoms with Crippen molar-refractivity contribution >= 4 is 0 Å². The third kappa shape index (κ3) is 1.51. The lowest BCUT2D eigenvalue weighted by Crippen LogP contribution is -1.98. The molecular formula is C9H8F2O. The lowest BCUT2D eigenvalue weighted by molar-refractivity contribution is 0.222. The fraction of sp³-hybridized carbons (Fsp3) is 0.111. The van der Waals surface area contributed by atoms with Crippen molar-refractivity contribution in [2.24, 2.45) is 0 Å². The van der Waals surface area contributed by atoms with Crippen LogP contribution in [0.1, 0.15) is 11.7 Å². The molecular weight excluding hydrogens is 162 g/mol. The smallest absolute Gasteiger partial charge is 0.164 e. The summed E-state index contributed by atoms with van der Waals surface area (Å²) in [5, 5.41) is 9.11. The van der Waals surface area contributed by atoms with Gasteiger partial charge in [-0.15, -0.1) is 6.58 Å². The lowest BCUT2D eigenvalue weighted by atomic mass is 10.1. The van der Waals surface area contributed by atoms with E-state index < -0.39 is 17.7 Å². The fourth-order valence-corrected chi connectivity index (χ4v) is 0.876. The van der Waals surface area contributed by atoms with E-state index >= 15 is 0 Å². The highest BCUT2D eigenvalue weighted by molar-refractivity contribution is 5.23. The van der Waals surface area contributed by atoms with Gasteiger partial charge in [0.2, 0.25) is 0 Å². The average Bonchev–Trinajstić information content (AvgIpc) is 2.08. The van der Waals surface area contributed by atoms with Crippen molar-refractivity contribution in [3.05, 3.63) is 48.1 Å². The molecule has 0 amide bonds. The molecule has 0 heterocycles. The SMILES string of the molecule is C=CC(O)c1cccc(F)c1F. The minimum atomic E-state index is -1.15. The normalized spacial score (nSPS) is 12.6. The molecule has 12 heavy (non-hydrogen) atoms. The summed E-state index contributed by atoms with van der Waals surface area (Å²) in [4.78, 5) is 0. The molecule has 1 aromatic carbocycles. The maximum Gasteiger partial charge on any atom is 0.164 e. The predicted molar refractivity (Wildman–Crippen MR) is 41.5 cm³/mol. The predicted octanol–water partition coefficient (Wildman–Crippen LogP) is 2.18. The monoisotopic (exact) mass is 170 g/mol. The quantitative estimate of drug-likeness (QED) is 0.674. The van der Waals surface area contributed by atoms with E-state index in [2.05, 4.69) is 6.58 Å². The Morgan fingerprint density at radius 2 is 2.08 bits per heavy atom. The first-order valence-electron chi connectivity index (χ1n) is 3.41. The Hall–Kier alpha value is -1.22. The molecule has 1 aromatic rings. The Labute approximate surface area is 69.0 Å². The van der Waals surface area contributed by atoms with Gasteiger partial charge >= 0.3 is 0 Å². The largest absolute Gasteiger partial charge is 0.384 e. The van der Waals surface area contributed by atoms with E-state index in [1.807, 2.05) is 0 Å². The zero-order valence-electron chi connectivity index (χ0n) is 6.30. The number of aliphatic hydroxyl groups is 1. The topological polar surface area (TPSA) is 20.2 Å². The average molecular weight is 170 g/mol. The second kappa shape index (κ2) is 3.45. The van der Waals surface area contributed by atoms with E-state index in [-0.39, 0.29) is 5.56 Å². The molecule has 0 bridgehead atoms. The van der Waals surface area contributed by atoms with Crippen molar-refractivity contribution in [3.8, 4) is 0 Å². The van der Waals surface area contributed by atoms with Crippen molar-refractivity contribution < 1.29 is 13.9 Å². The third-order valence-corrected chi connectivity index (χ3v) is 1.52. The highest BCUT2D eigenvalue weighted by Gasteiger charge is 2.12. The summed E-state index contributed by atoms with van der Waals surface area (Å²) in [5.74, 6) is -1.99. The maximum atomic E-state index is 12.9. The van der Waals surface area contributed by atoms with E-state index in [4.69, 9.17) is 5.11 Å². The van der Waals surface area contributed by atoms with Gasteiger partial charge in [0.05, 0.1) is 6.10 Å². The Balaban J connectivity index is 3.15. The van der Waals surface area contributed by atoms with Gasteiger partial charge in [0.15, 0.2) is 11.6 Å². The van der Waals surface area contributed by atoms with Crippen LogP contribution in [0.3, 0.4) is 0 Å². The first kappa shape index (κ1) is 8.87. The Kier molecular flexibility index (Phi) is 2.55. The summed E-state index contributed by atoms with van der Waals surface area (Å²) in [6, 6.07) is 3.64. The number of benzene rings is 1. The van der Waals surface area contributed by atoms with Crippen molar-refractivity contribution in [2.45, 2.75) is 6.10 Å². The molecule has 0 fully saturated rings. The van der Waals surface area contributed by atoms with Crippen LogP contribution in [0.2, 0.25) is 0 Å². The second-order valence-corrected chi connectivity index (χ2v) is 2.32. The molecule has 1 N–H and O–H groups in total. The first-order chi connectivity index (χ1) is 5.66. The van der Waals surface area contributed by atoms with Crippen molar-refractivity contribution in [1.29, 1.82) is 0 Å². The standard InChI is InChI=1S/C9H8F2O/c1-2-8(12)6-4-3-5-7(10)9(6)11/h2-5,8,12H,1H2. The molecule has 1 rings (SSSR count). The number of hydrogen-bond donors (Lipinski definition) is 1. The van der Waals surface area contributed by atoms with Crippen LogP contribution in [0.5, 0.6) is 0 Å². The Bertz CT molecular complexity index is 297. The van der Waals surface area contributed by atoms with Gasteiger partial charge in [-0.05, 0) is 6.07 Å². The molecule has 1 atom stereocenters. The summed E-state index contributed by atoms with van der Waals surface area (Å²) in [5.41, 5.74) is -0.0926. The van der Waals surface area contributed by atoms with E-state index in [1.165, 1.54) is 12.1 Å². The number of rotatable bonds is 2. The van der Waals surface area contributed by atoms with Crippen LogP contribution in [0.15, 0.2) is 30.9 Å². The van der Waals surface area contributed by atoms with Gasteiger partial charge in [0.1, 0.15) is 0 Å². The summed E-state index contributed by atoms with van der Waals surface area (Å²) in [7, 11) is 0. The van der Waals surface area contributed by atoms with Crippen LogP contribution in [-0.2, 0) is 0 Å². The molecule has 1 unspecified atom stereocenters. The van der Waals surface area contributed by atoms with Crippen molar-refractivity contribution in [2.75, 3.05) is 0 Å². The van der Waals surface area contributed by atoms with E-state index in [0.29, 0.717) is 0 Å². The van der Waals surface area contributed by atoms with Crippen molar-refractivity contribution in [1.82, 2.24) is 0 Å². The number of hydrogen-bond acceptors (Lipinski definition) is 1. The molecule has 0 aliphatic rings. The van der Waals surface area contributed by atoms with Crippen LogP contribution < -0.4 is 0 Å². The molecule has 0 saturated heterocycles. The summed E-state index contributed by atoms with van der Waals surface area (Å²) in [6.07, 6.45) is -0.0154. The zero-order valence-corrected chi connectivity index (χ0v) is 6.30. The van der Waals surface area contributed by atoms with Gasteiger partial charge in [-0.3, -0.25) is 0 Å². The van der Waals surface area contributed by atoms with Crippen LogP contribution in [-0.4, -0.2) is 5.11 Å². The van der Waals surface area contributed by atoms with Crippen molar-refractivity contribution in [3.63, 3.8) is 0 Å². The minimum absolute atomic E-state index is 0.0926. The summed E-state index contributed by atoms with van der Waals surface area (Å²) in [6.45, 7) is 3.27. The van der Waals surface area contributed by atoms with Gasteiger partial charge in [0, 0.05) is 5.56 Å². The van der Waals surface area contributed by atoms with Gasteiger partial charge in [-0.1, -0.05) is 18.2 Å². The molecule has 0 saturated carbocycles. The van der Waals surface area contributed by atoms with Gasteiger partial charge in [-0.25, -0.2) is 8.78 Å². The van der Waals surface area contributed by atoms with Gasteiger partial charge in [0.25, 0.3) is 0 Å². The molecule has 0 aliphatic carbocycles. The highest BCUT2D eigenvalue weighted by atomic mass is 19.2. The Morgan fingerprint density at radius 1 is 1.42 bits per heavy atom. The third-order valence-electron chi connectivity index (χ3n) is 1.52. The molecule has 3 heteroatoms. The summed E-state index contributed by atoms with van der Waals surface area (Å²) >= 11 is 0. The molecule has 0 spiro atoms. The number of aliphatic hydroxyl groups excluding tert-OH is 1. The second-order valence-electron chi connectivity index (χ2n) is 2.32. The lowest BCUT2D eigenvalue weighted by Gasteiger charge is -2.06. The van der Waals surface area contributed by atoms with Gasteiger partial charge < -0.3 is 5.11 Å². The number of halogens is 2. The van der Waals surface area contributed by atoms with Crippen LogP contribution in [0.25, 0.3) is 0 Å². The van der Waals surface area contributed by atoms with E-state index in [0.717, 1.165) is 12.1 Å². The molecule has 0 aliphatic heterocycles. The molecule has 64 valence electrons. The molecule has 1 nitrogen and oxygen atoms in total. The highest BCUT2D eigenvalue weighted by Crippen LogP contribution is 2.19. The summed E-state index contributed by atoms with van der Waals surface area (Å²) < 4.78 is 25.4. The molecule has 0 radical (unpaired) electrons. The Morgan fingerprint density at radius 3 is 2.67 bits per heavy atom. The first-order valence-corrected chi connectivity index (χ1v) is 3.41. The van der Waals surface area contributed by atoms with Gasteiger partial charge in [-0.2, -0.15) is 0 Å². The van der Waals surface area contributed by atoms with Crippen LogP contribution >= 0.6 is 0 Å². The fourth-order valence-electron chi connectivity index (χ4n) is 0.876. The van der Waals surface area contributed by atoms with E-state index in [1.54, 1.807) is 0 Å². The van der Waals surface area contributed by atoms with Crippen LogP contribution in [0.4, 0.5) is 8.78 Å². The van der Waals surface area contributed by atoms with Crippen LogP contribution in [0, 0.1) is 11.6 Å².